The van der Waals surface area contributed by atoms with Crippen molar-refractivity contribution in [2.75, 3.05) is 27.2 Å². The van der Waals surface area contributed by atoms with Gasteiger partial charge in [0.15, 0.2) is 0 Å². The van der Waals surface area contributed by atoms with Crippen molar-refractivity contribution < 1.29 is 29.4 Å². The van der Waals surface area contributed by atoms with Crippen LogP contribution < -0.4 is 21.3 Å². The van der Waals surface area contributed by atoms with Crippen LogP contribution in [0.3, 0.4) is 0 Å². The van der Waals surface area contributed by atoms with E-state index in [0.717, 1.165) is 0 Å². The number of carbonyl (C=O) groups is 4. The number of aromatic nitrogens is 2. The van der Waals surface area contributed by atoms with Gasteiger partial charge in [-0.2, -0.15) is 0 Å². The molecule has 0 saturated heterocycles. The number of aliphatic carboxylic acids is 2. The Morgan fingerprint density at radius 3 is 2.03 bits per heavy atom. The van der Waals surface area contributed by atoms with Gasteiger partial charge in [-0.15, -0.1) is 0 Å². The van der Waals surface area contributed by atoms with Crippen LogP contribution in [0.5, 0.6) is 0 Å². The van der Waals surface area contributed by atoms with Crippen LogP contribution in [-0.2, 0) is 25.6 Å². The van der Waals surface area contributed by atoms with Crippen molar-refractivity contribution in [2.24, 2.45) is 0 Å². The average Bonchev–Trinajstić information content (AvgIpc) is 3.27. The third kappa shape index (κ3) is 18.8. The van der Waals surface area contributed by atoms with Crippen molar-refractivity contribution in [1.29, 1.82) is 0 Å². The first-order valence-corrected chi connectivity index (χ1v) is 10.0. The molecule has 0 aromatic carbocycles. The molecule has 180 valence electrons. The molecule has 0 radical (unpaired) electrons. The summed E-state index contributed by atoms with van der Waals surface area (Å²) in [6.45, 7) is 9.41. The Morgan fingerprint density at radius 2 is 1.65 bits per heavy atom. The Bertz CT molecular complexity index is 609. The van der Waals surface area contributed by atoms with E-state index >= 15 is 0 Å². The number of nitrogens with zero attached hydrogens (tertiary/aromatic N) is 1. The highest BCUT2D eigenvalue weighted by Gasteiger charge is 2.20. The summed E-state index contributed by atoms with van der Waals surface area (Å²) in [7, 11) is 3.25. The number of likely N-dealkylation sites (N-methyl/N-ethyl adjacent to an activating group) is 2. The Labute approximate surface area is 183 Å². The topological polar surface area (TPSA) is 186 Å². The molecule has 0 bridgehead atoms. The molecule has 1 aromatic rings. The Balaban J connectivity index is -0.000000458. The van der Waals surface area contributed by atoms with Gasteiger partial charge in [0.25, 0.3) is 0 Å². The zero-order valence-corrected chi connectivity index (χ0v) is 19.4. The Kier molecular flexibility index (Phi) is 22.9. The molecule has 7 N–H and O–H groups in total. The SMILES string of the molecule is CC.CC.CNC(C)C(=O)NCC(=O)O.CNCC(=O)NC(Cc1cnc[nH]1)C(=O)O. The van der Waals surface area contributed by atoms with Gasteiger partial charge in [0.1, 0.15) is 12.6 Å². The van der Waals surface area contributed by atoms with Crippen LogP contribution in [0.1, 0.15) is 40.3 Å². The minimum atomic E-state index is -1.07. The van der Waals surface area contributed by atoms with Crippen LogP contribution in [0.25, 0.3) is 0 Å². The lowest BCUT2D eigenvalue weighted by atomic mass is 10.1. The fourth-order valence-electron chi connectivity index (χ4n) is 1.67. The van der Waals surface area contributed by atoms with Crippen molar-refractivity contribution in [3.63, 3.8) is 0 Å². The van der Waals surface area contributed by atoms with Gasteiger partial charge < -0.3 is 36.5 Å². The predicted octanol–water partition coefficient (Wildman–Crippen LogP) is -0.411. The lowest BCUT2D eigenvalue weighted by Crippen LogP contribution is -2.45. The van der Waals surface area contributed by atoms with Gasteiger partial charge in [0.2, 0.25) is 11.8 Å². The minimum absolute atomic E-state index is 0.0900. The average molecular weight is 447 g/mol. The van der Waals surface area contributed by atoms with Crippen LogP contribution in [-0.4, -0.2) is 83.2 Å². The highest BCUT2D eigenvalue weighted by molar-refractivity contribution is 5.85. The summed E-state index contributed by atoms with van der Waals surface area (Å²) in [5.41, 5.74) is 0.664. The number of hydrogen-bond acceptors (Lipinski definition) is 7. The molecule has 1 rings (SSSR count). The van der Waals surface area contributed by atoms with Gasteiger partial charge in [0, 0.05) is 18.3 Å². The number of aromatic amines is 1. The fraction of sp³-hybridized carbons (Fsp3) is 0.632. The quantitative estimate of drug-likeness (QED) is 0.251. The molecule has 12 heteroatoms. The van der Waals surface area contributed by atoms with Gasteiger partial charge in [0.05, 0.1) is 18.9 Å². The maximum atomic E-state index is 11.2. The molecule has 12 nitrogen and oxygen atoms in total. The summed E-state index contributed by atoms with van der Waals surface area (Å²) in [5, 5.41) is 27.1. The first kappa shape index (κ1) is 32.7. The second-order valence-corrected chi connectivity index (χ2v) is 5.39. The second-order valence-electron chi connectivity index (χ2n) is 5.39. The van der Waals surface area contributed by atoms with E-state index in [-0.39, 0.29) is 37.4 Å². The second kappa shape index (κ2) is 21.7. The first-order chi connectivity index (χ1) is 14.7. The molecule has 0 aliphatic carbocycles. The molecule has 0 aliphatic heterocycles. The number of H-pyrrole nitrogens is 1. The van der Waals surface area contributed by atoms with Crippen LogP contribution in [0.4, 0.5) is 0 Å². The fourth-order valence-corrected chi connectivity index (χ4v) is 1.67. The van der Waals surface area contributed by atoms with Gasteiger partial charge >= 0.3 is 11.9 Å². The summed E-state index contributed by atoms with van der Waals surface area (Å²) in [5.74, 6) is -2.77. The minimum Gasteiger partial charge on any atom is -0.480 e. The lowest BCUT2D eigenvalue weighted by molar-refractivity contribution is -0.141. The number of imidazole rings is 1. The summed E-state index contributed by atoms with van der Waals surface area (Å²) >= 11 is 0. The summed E-state index contributed by atoms with van der Waals surface area (Å²) < 4.78 is 0. The highest BCUT2D eigenvalue weighted by atomic mass is 16.4. The van der Waals surface area contributed by atoms with Crippen LogP contribution in [0.15, 0.2) is 12.5 Å². The van der Waals surface area contributed by atoms with Gasteiger partial charge in [-0.3, -0.25) is 14.4 Å². The van der Waals surface area contributed by atoms with Crippen molar-refractivity contribution >= 4 is 23.8 Å². The van der Waals surface area contributed by atoms with E-state index in [1.165, 1.54) is 12.5 Å². The monoisotopic (exact) mass is 446 g/mol. The molecular weight excluding hydrogens is 408 g/mol. The molecule has 0 spiro atoms. The molecular formula is C19H38N6O6. The predicted molar refractivity (Wildman–Crippen MR) is 118 cm³/mol. The third-order valence-corrected chi connectivity index (χ3v) is 3.19. The first-order valence-electron chi connectivity index (χ1n) is 10.0. The maximum absolute atomic E-state index is 11.2. The number of carbonyl (C=O) groups excluding carboxylic acids is 2. The van der Waals surface area contributed by atoms with E-state index in [4.69, 9.17) is 10.2 Å². The molecule has 2 amide bonds. The number of amides is 2. The van der Waals surface area contributed by atoms with Crippen LogP contribution in [0, 0.1) is 0 Å². The molecule has 1 heterocycles. The maximum Gasteiger partial charge on any atom is 0.326 e. The van der Waals surface area contributed by atoms with E-state index in [2.05, 4.69) is 31.2 Å². The van der Waals surface area contributed by atoms with Crippen molar-refractivity contribution in [1.82, 2.24) is 31.2 Å². The zero-order chi connectivity index (χ0) is 24.8. The van der Waals surface area contributed by atoms with Crippen LogP contribution >= 0.6 is 0 Å². The molecule has 1 aromatic heterocycles. The Hall–Kier alpha value is -2.99. The summed E-state index contributed by atoms with van der Waals surface area (Å²) in [6.07, 6.45) is 3.18. The molecule has 0 fully saturated rings. The number of hydrogen-bond donors (Lipinski definition) is 7. The molecule has 2 unspecified atom stereocenters. The van der Waals surface area contributed by atoms with Crippen molar-refractivity contribution in [3.8, 4) is 0 Å². The number of carboxylic acid groups (broad SMARTS) is 2. The van der Waals surface area contributed by atoms with Gasteiger partial charge in [-0.25, -0.2) is 9.78 Å². The number of nitrogens with one attached hydrogen (secondary N) is 5. The Morgan fingerprint density at radius 1 is 1.06 bits per heavy atom. The zero-order valence-electron chi connectivity index (χ0n) is 19.4. The van der Waals surface area contributed by atoms with Gasteiger partial charge in [-0.1, -0.05) is 27.7 Å². The smallest absolute Gasteiger partial charge is 0.326 e. The molecule has 31 heavy (non-hydrogen) atoms. The normalized spacial score (nSPS) is 10.9. The number of carboxylic acids is 2. The molecule has 0 aliphatic rings. The van der Waals surface area contributed by atoms with E-state index in [1.54, 1.807) is 21.0 Å². The lowest BCUT2D eigenvalue weighted by Gasteiger charge is -2.13. The van der Waals surface area contributed by atoms with E-state index < -0.39 is 18.0 Å². The molecule has 0 saturated carbocycles. The highest BCUT2D eigenvalue weighted by Crippen LogP contribution is 1.98. The van der Waals surface area contributed by atoms with Crippen LogP contribution in [0.2, 0.25) is 0 Å². The molecule has 2 atom stereocenters. The van der Waals surface area contributed by atoms with Crippen molar-refractivity contribution in [3.05, 3.63) is 18.2 Å². The number of rotatable bonds is 10. The van der Waals surface area contributed by atoms with E-state index in [9.17, 15) is 19.2 Å². The standard InChI is InChI=1S/C9H14N4O3.C6H12N2O3.2C2H6/c1-10-4-8(14)13-7(9(15)16)2-6-3-11-5-12-6;1-4(7-2)6(11)8-3-5(9)10;2*1-2/h3,5,7,10H,2,4H2,1H3,(H,11,12)(H,13,14)(H,15,16);4,7H,3H2,1-2H3,(H,8,11)(H,9,10);2*1-2H3. The third-order valence-electron chi connectivity index (χ3n) is 3.19. The largest absolute Gasteiger partial charge is 0.480 e. The van der Waals surface area contributed by atoms with Gasteiger partial charge in [-0.05, 0) is 21.0 Å². The van der Waals surface area contributed by atoms with E-state index in [0.29, 0.717) is 5.69 Å². The van der Waals surface area contributed by atoms with Crippen molar-refractivity contribution in [2.45, 2.75) is 53.1 Å². The summed E-state index contributed by atoms with van der Waals surface area (Å²) in [6, 6.07) is -1.30. The van der Waals surface area contributed by atoms with E-state index in [1.807, 2.05) is 27.7 Å². The summed E-state index contributed by atoms with van der Waals surface area (Å²) in [4.78, 5) is 49.5.